The summed E-state index contributed by atoms with van der Waals surface area (Å²) >= 11 is 0. The highest BCUT2D eigenvalue weighted by Crippen LogP contribution is 2.41. The number of hydrogen-bond acceptors (Lipinski definition) is 6. The Balaban J connectivity index is 0.000000318. The van der Waals surface area contributed by atoms with Gasteiger partial charge in [0.15, 0.2) is 0 Å². The Kier molecular flexibility index (Phi) is 6.78. The topological polar surface area (TPSA) is 96.2 Å². The molecule has 11 heteroatoms. The highest BCUT2D eigenvalue weighted by Gasteiger charge is 2.40. The van der Waals surface area contributed by atoms with E-state index in [0.717, 1.165) is 48.9 Å². The molecular weight excluding hydrogens is 401 g/mol. The predicted octanol–water partition coefficient (Wildman–Crippen LogP) is 2.81. The van der Waals surface area contributed by atoms with Crippen molar-refractivity contribution in [2.75, 3.05) is 29.9 Å². The second-order valence-corrected chi connectivity index (χ2v) is 7.67. The van der Waals surface area contributed by atoms with E-state index in [4.69, 9.17) is 9.90 Å². The third kappa shape index (κ3) is 5.61. The zero-order valence-corrected chi connectivity index (χ0v) is 16.6. The van der Waals surface area contributed by atoms with E-state index in [-0.39, 0.29) is 0 Å². The van der Waals surface area contributed by atoms with Crippen LogP contribution in [-0.4, -0.2) is 56.6 Å². The molecule has 1 saturated heterocycles. The Morgan fingerprint density at radius 1 is 1.27 bits per heavy atom. The van der Waals surface area contributed by atoms with Gasteiger partial charge in [-0.25, -0.2) is 9.78 Å². The molecule has 1 saturated carbocycles. The van der Waals surface area contributed by atoms with Gasteiger partial charge in [0.2, 0.25) is 0 Å². The van der Waals surface area contributed by atoms with E-state index < -0.39 is 12.1 Å². The fraction of sp³-hybridized carbons (Fsp3) is 0.579. The minimum atomic E-state index is -5.08. The maximum absolute atomic E-state index is 10.6. The van der Waals surface area contributed by atoms with E-state index in [1.165, 1.54) is 19.3 Å². The monoisotopic (exact) mass is 426 g/mol. The van der Waals surface area contributed by atoms with Gasteiger partial charge in [-0.15, -0.1) is 0 Å². The van der Waals surface area contributed by atoms with Crippen LogP contribution in [0.25, 0.3) is 0 Å². The van der Waals surface area contributed by atoms with Crippen molar-refractivity contribution in [1.29, 1.82) is 0 Å². The number of carboxylic acid groups (broad SMARTS) is 1. The van der Waals surface area contributed by atoms with Gasteiger partial charge in [0.1, 0.15) is 5.82 Å². The molecular formula is C19H25F3N6O2. The Morgan fingerprint density at radius 3 is 2.63 bits per heavy atom. The van der Waals surface area contributed by atoms with Gasteiger partial charge in [-0.2, -0.15) is 18.3 Å². The predicted molar refractivity (Wildman–Crippen MR) is 104 cm³/mol. The standard InChI is InChI=1S/C17H24N6.C2HF3O2/c1-22-11-15(8-21-22)20-7-13-3-2-4-14-10-23(12-16(13)14)17-9-18-5-6-19-17;3-2(4,5)1(6)7/h5-6,8-9,11,13-14,16,20H,2-4,7,10,12H2,1H3;(H,6,7)/t13-,14+,16+;/m0./s1. The number of hydrogen-bond donors (Lipinski definition) is 2. The first-order valence-corrected chi connectivity index (χ1v) is 9.77. The molecule has 0 unspecified atom stereocenters. The van der Waals surface area contributed by atoms with Gasteiger partial charge < -0.3 is 15.3 Å². The van der Waals surface area contributed by atoms with Crippen LogP contribution in [-0.2, 0) is 11.8 Å². The molecule has 2 aliphatic rings. The third-order valence-corrected chi connectivity index (χ3v) is 5.64. The van der Waals surface area contributed by atoms with E-state index in [1.54, 1.807) is 12.4 Å². The zero-order valence-electron chi connectivity index (χ0n) is 16.6. The van der Waals surface area contributed by atoms with Crippen molar-refractivity contribution in [3.05, 3.63) is 31.0 Å². The number of alkyl halides is 3. The summed E-state index contributed by atoms with van der Waals surface area (Å²) in [5.41, 5.74) is 1.12. The van der Waals surface area contributed by atoms with Gasteiger partial charge in [-0.1, -0.05) is 6.42 Å². The molecule has 0 aromatic carbocycles. The average Bonchev–Trinajstić information content (AvgIpc) is 3.33. The van der Waals surface area contributed by atoms with Crippen molar-refractivity contribution < 1.29 is 23.1 Å². The quantitative estimate of drug-likeness (QED) is 0.776. The smallest absolute Gasteiger partial charge is 0.475 e. The Hall–Kier alpha value is -2.85. The summed E-state index contributed by atoms with van der Waals surface area (Å²) in [6.45, 7) is 3.29. The third-order valence-electron chi connectivity index (χ3n) is 5.64. The highest BCUT2D eigenvalue weighted by molar-refractivity contribution is 5.73. The Morgan fingerprint density at radius 2 is 2.03 bits per heavy atom. The van der Waals surface area contributed by atoms with E-state index in [2.05, 4.69) is 25.3 Å². The maximum atomic E-state index is 10.6. The first kappa shape index (κ1) is 21.8. The fourth-order valence-corrected chi connectivity index (χ4v) is 4.25. The zero-order chi connectivity index (χ0) is 21.7. The van der Waals surface area contributed by atoms with Gasteiger partial charge in [0.05, 0.1) is 18.1 Å². The van der Waals surface area contributed by atoms with E-state index in [9.17, 15) is 13.2 Å². The number of anilines is 2. The lowest BCUT2D eigenvalue weighted by Crippen LogP contribution is -2.32. The highest BCUT2D eigenvalue weighted by atomic mass is 19.4. The molecule has 2 fully saturated rings. The van der Waals surface area contributed by atoms with Gasteiger partial charge in [-0.3, -0.25) is 9.67 Å². The molecule has 0 spiro atoms. The molecule has 3 heterocycles. The molecule has 4 rings (SSSR count). The van der Waals surface area contributed by atoms with Crippen LogP contribution in [0.2, 0.25) is 0 Å². The number of carboxylic acids is 1. The van der Waals surface area contributed by atoms with Crippen molar-refractivity contribution in [3.63, 3.8) is 0 Å². The van der Waals surface area contributed by atoms with Crippen LogP contribution >= 0.6 is 0 Å². The van der Waals surface area contributed by atoms with Crippen molar-refractivity contribution >= 4 is 17.5 Å². The van der Waals surface area contributed by atoms with Crippen LogP contribution in [0.3, 0.4) is 0 Å². The molecule has 1 aliphatic carbocycles. The second-order valence-electron chi connectivity index (χ2n) is 7.67. The van der Waals surface area contributed by atoms with Crippen molar-refractivity contribution in [2.24, 2.45) is 24.8 Å². The molecule has 0 bridgehead atoms. The summed E-state index contributed by atoms with van der Waals surface area (Å²) in [6.07, 6.45) is 8.30. The number of aliphatic carboxylic acids is 1. The first-order chi connectivity index (χ1) is 14.2. The van der Waals surface area contributed by atoms with E-state index in [0.29, 0.717) is 0 Å². The van der Waals surface area contributed by atoms with Gasteiger partial charge in [0, 0.05) is 45.3 Å². The average molecular weight is 426 g/mol. The number of halogens is 3. The van der Waals surface area contributed by atoms with Crippen LogP contribution in [0.4, 0.5) is 24.7 Å². The summed E-state index contributed by atoms with van der Waals surface area (Å²) in [7, 11) is 1.96. The molecule has 164 valence electrons. The summed E-state index contributed by atoms with van der Waals surface area (Å²) in [5, 5.41) is 14.9. The minimum absolute atomic E-state index is 0.732. The summed E-state index contributed by atoms with van der Waals surface area (Å²) in [4.78, 5) is 20.0. The molecule has 0 amide bonds. The lowest BCUT2D eigenvalue weighted by Gasteiger charge is -2.33. The number of nitrogens with one attached hydrogen (secondary N) is 1. The maximum Gasteiger partial charge on any atom is 0.490 e. The molecule has 1 aliphatic heterocycles. The number of nitrogens with zero attached hydrogens (tertiary/aromatic N) is 5. The number of fused-ring (bicyclic) bond motifs is 1. The van der Waals surface area contributed by atoms with Crippen LogP contribution in [0.15, 0.2) is 31.0 Å². The molecule has 30 heavy (non-hydrogen) atoms. The minimum Gasteiger partial charge on any atom is -0.475 e. The molecule has 8 nitrogen and oxygen atoms in total. The largest absolute Gasteiger partial charge is 0.490 e. The molecule has 2 N–H and O–H groups in total. The Bertz CT molecular complexity index is 829. The Labute approximate surface area is 172 Å². The first-order valence-electron chi connectivity index (χ1n) is 9.77. The van der Waals surface area contributed by atoms with Crippen molar-refractivity contribution in [3.8, 4) is 0 Å². The number of carbonyl (C=O) groups is 1. The number of rotatable bonds is 4. The fourth-order valence-electron chi connectivity index (χ4n) is 4.25. The van der Waals surface area contributed by atoms with Crippen LogP contribution in [0.1, 0.15) is 19.3 Å². The van der Waals surface area contributed by atoms with Crippen molar-refractivity contribution in [1.82, 2.24) is 19.7 Å². The molecule has 0 radical (unpaired) electrons. The van der Waals surface area contributed by atoms with E-state index in [1.807, 2.05) is 30.3 Å². The van der Waals surface area contributed by atoms with Gasteiger partial charge in [0.25, 0.3) is 0 Å². The van der Waals surface area contributed by atoms with E-state index >= 15 is 0 Å². The molecule has 2 aromatic rings. The summed E-state index contributed by atoms with van der Waals surface area (Å²) in [6, 6.07) is 0. The van der Waals surface area contributed by atoms with Gasteiger partial charge in [-0.05, 0) is 30.6 Å². The summed E-state index contributed by atoms with van der Waals surface area (Å²) < 4.78 is 33.6. The van der Waals surface area contributed by atoms with Gasteiger partial charge >= 0.3 is 12.1 Å². The van der Waals surface area contributed by atoms with Crippen LogP contribution in [0, 0.1) is 17.8 Å². The van der Waals surface area contributed by atoms with Crippen LogP contribution < -0.4 is 10.2 Å². The summed E-state index contributed by atoms with van der Waals surface area (Å²) in [5.74, 6) is 0.561. The number of aryl methyl sites for hydroxylation is 1. The number of aromatic nitrogens is 4. The molecule has 3 atom stereocenters. The lowest BCUT2D eigenvalue weighted by molar-refractivity contribution is -0.192. The lowest BCUT2D eigenvalue weighted by atomic mass is 9.74. The normalized spacial score (nSPS) is 23.3. The van der Waals surface area contributed by atoms with Crippen molar-refractivity contribution in [2.45, 2.75) is 25.4 Å². The molecule has 2 aromatic heterocycles. The SMILES string of the molecule is Cn1cc(NC[C@@H]2CCC[C@@H]3CN(c4cnccn4)C[C@@H]32)cn1.O=C(O)C(F)(F)F. The van der Waals surface area contributed by atoms with Crippen LogP contribution in [0.5, 0.6) is 0 Å². The second kappa shape index (κ2) is 9.31.